The third-order valence-electron chi connectivity index (χ3n) is 7.96. The van der Waals surface area contributed by atoms with Gasteiger partial charge in [-0.15, -0.1) is 0 Å². The largest absolute Gasteiger partial charge is 0.416 e. The minimum atomic E-state index is -4.56. The van der Waals surface area contributed by atoms with Crippen LogP contribution in [0.3, 0.4) is 0 Å². The highest BCUT2D eigenvalue weighted by molar-refractivity contribution is 5.97. The topological polar surface area (TPSA) is 153 Å². The molecule has 3 rings (SSSR count). The van der Waals surface area contributed by atoms with Crippen LogP contribution in [0, 0.1) is 5.92 Å². The van der Waals surface area contributed by atoms with Gasteiger partial charge in [0, 0.05) is 19.5 Å². The normalized spacial score (nSPS) is 24.4. The molecule has 40 heavy (non-hydrogen) atoms. The Bertz CT molecular complexity index is 1110. The van der Waals surface area contributed by atoms with Crippen molar-refractivity contribution in [1.82, 2.24) is 15.1 Å². The highest BCUT2D eigenvalue weighted by atomic mass is 19.4. The zero-order valence-electron chi connectivity index (χ0n) is 22.8. The fourth-order valence-electron chi connectivity index (χ4n) is 5.49. The fraction of sp³-hybridized carbons (Fsp3) is 0.630. The van der Waals surface area contributed by atoms with Gasteiger partial charge in [0.25, 0.3) is 0 Å². The quantitative estimate of drug-likeness (QED) is 0.347. The van der Waals surface area contributed by atoms with Crippen molar-refractivity contribution in [3.8, 4) is 0 Å². The maximum atomic E-state index is 14.0. The van der Waals surface area contributed by atoms with Gasteiger partial charge in [-0.1, -0.05) is 19.1 Å². The predicted octanol–water partition coefficient (Wildman–Crippen LogP) is 0.968. The minimum Gasteiger partial charge on any atom is -0.393 e. The number of hydrogen-bond acceptors (Lipinski definition) is 6. The first-order valence-corrected chi connectivity index (χ1v) is 13.3. The summed E-state index contributed by atoms with van der Waals surface area (Å²) in [4.78, 5) is 55.6. The van der Waals surface area contributed by atoms with E-state index in [0.717, 1.165) is 12.1 Å². The Labute approximate surface area is 230 Å². The number of halogens is 3. The van der Waals surface area contributed by atoms with Crippen molar-refractivity contribution in [3.63, 3.8) is 0 Å². The molecule has 13 heteroatoms. The maximum absolute atomic E-state index is 14.0. The van der Waals surface area contributed by atoms with Gasteiger partial charge < -0.3 is 31.1 Å². The fourth-order valence-corrected chi connectivity index (χ4v) is 5.49. The van der Waals surface area contributed by atoms with Crippen molar-refractivity contribution in [2.75, 3.05) is 13.1 Å². The molecule has 0 aliphatic carbocycles. The third kappa shape index (κ3) is 6.41. The third-order valence-corrected chi connectivity index (χ3v) is 7.96. The Hall–Kier alpha value is -3.19. The summed E-state index contributed by atoms with van der Waals surface area (Å²) in [7, 11) is 0. The lowest BCUT2D eigenvalue weighted by atomic mass is 9.85. The lowest BCUT2D eigenvalue weighted by Crippen LogP contribution is -2.65. The smallest absolute Gasteiger partial charge is 0.393 e. The molecule has 1 aromatic carbocycles. The van der Waals surface area contributed by atoms with E-state index in [-0.39, 0.29) is 19.4 Å². The number of alkyl halides is 3. The number of nitrogens with one attached hydrogen (secondary N) is 1. The number of benzene rings is 1. The highest BCUT2D eigenvalue weighted by Gasteiger charge is 2.53. The second kappa shape index (κ2) is 12.1. The van der Waals surface area contributed by atoms with Crippen molar-refractivity contribution in [3.05, 3.63) is 35.4 Å². The van der Waals surface area contributed by atoms with E-state index in [2.05, 4.69) is 5.32 Å². The van der Waals surface area contributed by atoms with E-state index in [4.69, 9.17) is 5.73 Å². The monoisotopic (exact) mass is 570 g/mol. The lowest BCUT2D eigenvalue weighted by molar-refractivity contribution is -0.153. The number of carbonyl (C=O) groups is 4. The average Bonchev–Trinajstić information content (AvgIpc) is 3.53. The SMILES string of the molecule is C[C@H](C(=O)N1CCC[C@H]1C(=O)N1CCC[C@]1(Cc1ccc(C(F)(F)F)cc1)C(=O)N[C@H](C(N)=O)[C@@H](C)O)[C@@H](C)O. The van der Waals surface area contributed by atoms with Gasteiger partial charge in [-0.2, -0.15) is 13.2 Å². The van der Waals surface area contributed by atoms with Crippen LogP contribution >= 0.6 is 0 Å². The van der Waals surface area contributed by atoms with Crippen molar-refractivity contribution < 1.29 is 42.6 Å². The summed E-state index contributed by atoms with van der Waals surface area (Å²) >= 11 is 0. The van der Waals surface area contributed by atoms with Crippen LogP contribution in [0.15, 0.2) is 24.3 Å². The van der Waals surface area contributed by atoms with Gasteiger partial charge in [-0.05, 0) is 57.2 Å². The predicted molar refractivity (Wildman–Crippen MR) is 137 cm³/mol. The number of likely N-dealkylation sites (tertiary alicyclic amines) is 2. The summed E-state index contributed by atoms with van der Waals surface area (Å²) in [6.07, 6.45) is -5.64. The van der Waals surface area contributed by atoms with E-state index < -0.39 is 71.1 Å². The molecule has 0 radical (unpaired) electrons. The molecule has 2 fully saturated rings. The van der Waals surface area contributed by atoms with E-state index in [1.54, 1.807) is 6.92 Å². The van der Waals surface area contributed by atoms with Crippen LogP contribution in [-0.4, -0.2) is 86.6 Å². The molecule has 0 spiro atoms. The molecular formula is C27H37F3N4O6. The van der Waals surface area contributed by atoms with E-state index in [9.17, 15) is 42.6 Å². The first kappa shape index (κ1) is 31.3. The molecule has 2 aliphatic rings. The molecule has 6 atom stereocenters. The van der Waals surface area contributed by atoms with E-state index >= 15 is 0 Å². The number of primary amides is 1. The first-order valence-electron chi connectivity index (χ1n) is 13.3. The van der Waals surface area contributed by atoms with Crippen molar-refractivity contribution in [2.45, 2.75) is 88.9 Å². The van der Waals surface area contributed by atoms with E-state index in [1.165, 1.54) is 35.8 Å². The van der Waals surface area contributed by atoms with Gasteiger partial charge in [0.2, 0.25) is 23.6 Å². The van der Waals surface area contributed by atoms with Crippen molar-refractivity contribution in [1.29, 1.82) is 0 Å². The lowest BCUT2D eigenvalue weighted by Gasteiger charge is -2.41. The van der Waals surface area contributed by atoms with Crippen molar-refractivity contribution in [2.24, 2.45) is 11.7 Å². The van der Waals surface area contributed by atoms with Crippen molar-refractivity contribution >= 4 is 23.6 Å². The molecule has 4 amide bonds. The molecule has 0 aromatic heterocycles. The van der Waals surface area contributed by atoms with Crippen LogP contribution in [0.25, 0.3) is 0 Å². The maximum Gasteiger partial charge on any atom is 0.416 e. The van der Waals surface area contributed by atoms with Gasteiger partial charge in [0.05, 0.1) is 23.7 Å². The molecule has 10 nitrogen and oxygen atoms in total. The second-order valence-electron chi connectivity index (χ2n) is 10.8. The summed E-state index contributed by atoms with van der Waals surface area (Å²) in [5.74, 6) is -3.43. The van der Waals surface area contributed by atoms with Crippen LogP contribution in [0.5, 0.6) is 0 Å². The molecule has 0 saturated carbocycles. The number of nitrogens with two attached hydrogens (primary N) is 1. The Morgan fingerprint density at radius 2 is 1.68 bits per heavy atom. The molecule has 5 N–H and O–H groups in total. The number of rotatable bonds is 9. The van der Waals surface area contributed by atoms with E-state index in [1.807, 2.05) is 0 Å². The highest BCUT2D eigenvalue weighted by Crippen LogP contribution is 2.37. The Kier molecular flexibility index (Phi) is 9.50. The van der Waals surface area contributed by atoms with Gasteiger partial charge in [0.15, 0.2) is 0 Å². The van der Waals surface area contributed by atoms with Crippen LogP contribution in [0.1, 0.15) is 57.6 Å². The molecule has 0 bridgehead atoms. The van der Waals surface area contributed by atoms with Gasteiger partial charge in [-0.25, -0.2) is 0 Å². The molecule has 1 aromatic rings. The van der Waals surface area contributed by atoms with Crippen LogP contribution in [-0.2, 0) is 31.8 Å². The first-order chi connectivity index (χ1) is 18.6. The molecule has 222 valence electrons. The minimum absolute atomic E-state index is 0.127. The summed E-state index contributed by atoms with van der Waals surface area (Å²) < 4.78 is 39.4. The number of nitrogens with zero attached hydrogens (tertiary/aromatic N) is 2. The summed E-state index contributed by atoms with van der Waals surface area (Å²) in [5.41, 5.74) is 3.23. The molecule has 2 aliphatic heterocycles. The van der Waals surface area contributed by atoms with Crippen LogP contribution in [0.4, 0.5) is 13.2 Å². The number of amides is 4. The molecule has 2 heterocycles. The standard InChI is InChI=1S/C27H37F3N4O6/c1-15(16(2)35)23(38)33-12-4-6-20(33)24(39)34-13-5-11-26(34,25(40)32-21(17(3)36)22(31)37)14-18-7-9-19(10-8-18)27(28,29)30/h7-10,15-17,20-21,35-36H,4-6,11-14H2,1-3H3,(H2,31,37)(H,32,40)/t15-,16+,17+,20-,21-,26-/m0/s1. The Morgan fingerprint density at radius 1 is 1.05 bits per heavy atom. The van der Waals surface area contributed by atoms with Gasteiger partial charge >= 0.3 is 6.18 Å². The Balaban J connectivity index is 2.00. The number of aliphatic hydroxyl groups excluding tert-OH is 2. The summed E-state index contributed by atoms with van der Waals surface area (Å²) in [6, 6.07) is 1.88. The summed E-state index contributed by atoms with van der Waals surface area (Å²) in [6.45, 7) is 4.73. The van der Waals surface area contributed by atoms with Crippen LogP contribution < -0.4 is 11.1 Å². The zero-order valence-corrected chi connectivity index (χ0v) is 22.8. The van der Waals surface area contributed by atoms with Gasteiger partial charge in [0.1, 0.15) is 17.6 Å². The Morgan fingerprint density at radius 3 is 2.20 bits per heavy atom. The molecule has 0 unspecified atom stereocenters. The summed E-state index contributed by atoms with van der Waals surface area (Å²) in [5, 5.41) is 22.4. The zero-order chi connectivity index (χ0) is 30.0. The number of carbonyl (C=O) groups excluding carboxylic acids is 4. The average molecular weight is 571 g/mol. The number of aliphatic hydroxyl groups is 2. The second-order valence-corrected chi connectivity index (χ2v) is 10.8. The van der Waals surface area contributed by atoms with Crippen LogP contribution in [0.2, 0.25) is 0 Å². The van der Waals surface area contributed by atoms with Gasteiger partial charge in [-0.3, -0.25) is 19.2 Å². The van der Waals surface area contributed by atoms with E-state index in [0.29, 0.717) is 31.4 Å². The number of hydrogen-bond donors (Lipinski definition) is 4. The molecule has 2 saturated heterocycles. The molecular weight excluding hydrogens is 533 g/mol.